The second kappa shape index (κ2) is 5.78. The van der Waals surface area contributed by atoms with Crippen LogP contribution in [0, 0.1) is 0 Å². The summed E-state index contributed by atoms with van der Waals surface area (Å²) < 4.78 is 0. The van der Waals surface area contributed by atoms with Crippen LogP contribution in [-0.4, -0.2) is 7.05 Å². The van der Waals surface area contributed by atoms with Gasteiger partial charge in [0.1, 0.15) is 0 Å². The number of benzene rings is 2. The number of thiophene rings is 1. The molecule has 3 aromatic rings. The maximum atomic E-state index is 3.37. The predicted molar refractivity (Wildman–Crippen MR) is 89.4 cm³/mol. The van der Waals surface area contributed by atoms with Gasteiger partial charge in [0.15, 0.2) is 0 Å². The zero-order valence-electron chi connectivity index (χ0n) is 11.9. The monoisotopic (exact) mass is 281 g/mol. The van der Waals surface area contributed by atoms with E-state index in [1.54, 1.807) is 0 Å². The van der Waals surface area contributed by atoms with E-state index in [9.17, 15) is 0 Å². The van der Waals surface area contributed by atoms with Gasteiger partial charge in [0, 0.05) is 15.8 Å². The number of rotatable bonds is 4. The van der Waals surface area contributed by atoms with Crippen LogP contribution < -0.4 is 5.32 Å². The Balaban J connectivity index is 1.98. The van der Waals surface area contributed by atoms with Crippen molar-refractivity contribution in [3.63, 3.8) is 0 Å². The molecule has 1 aromatic heterocycles. The number of hydrogen-bond donors (Lipinski definition) is 1. The standard InChI is InChI=1S/C18H19NS/c1-3-16(19-2)18-11-10-17(20-18)15-9-8-13-6-4-5-7-14(13)12-15/h4-12,16,19H,3H2,1-2H3. The van der Waals surface area contributed by atoms with E-state index >= 15 is 0 Å². The Bertz CT molecular complexity index is 710. The molecule has 1 N–H and O–H groups in total. The first-order chi connectivity index (χ1) is 9.81. The minimum atomic E-state index is 0.467. The first-order valence-electron chi connectivity index (χ1n) is 7.08. The molecule has 0 radical (unpaired) electrons. The second-order valence-corrected chi connectivity index (χ2v) is 6.13. The zero-order chi connectivity index (χ0) is 13.9. The van der Waals surface area contributed by atoms with Crippen LogP contribution in [0.25, 0.3) is 21.2 Å². The van der Waals surface area contributed by atoms with Gasteiger partial charge in [-0.05, 0) is 48.0 Å². The lowest BCUT2D eigenvalue weighted by Gasteiger charge is -2.10. The summed E-state index contributed by atoms with van der Waals surface area (Å²) in [6.07, 6.45) is 1.12. The molecule has 0 amide bonds. The smallest absolute Gasteiger partial charge is 0.0409 e. The van der Waals surface area contributed by atoms with E-state index in [4.69, 9.17) is 0 Å². The number of nitrogens with one attached hydrogen (secondary N) is 1. The van der Waals surface area contributed by atoms with Gasteiger partial charge in [-0.3, -0.25) is 0 Å². The van der Waals surface area contributed by atoms with E-state index in [0.717, 1.165) is 6.42 Å². The van der Waals surface area contributed by atoms with Gasteiger partial charge in [-0.15, -0.1) is 11.3 Å². The minimum absolute atomic E-state index is 0.467. The molecule has 1 atom stereocenters. The van der Waals surface area contributed by atoms with E-state index < -0.39 is 0 Å². The molecular weight excluding hydrogens is 262 g/mol. The molecule has 0 spiro atoms. The van der Waals surface area contributed by atoms with E-state index in [-0.39, 0.29) is 0 Å². The Labute approximate surface area is 124 Å². The third-order valence-electron chi connectivity index (χ3n) is 3.76. The Hall–Kier alpha value is -1.64. The Morgan fingerprint density at radius 1 is 1.00 bits per heavy atom. The van der Waals surface area contributed by atoms with Gasteiger partial charge in [0.2, 0.25) is 0 Å². The molecule has 1 heterocycles. The molecule has 0 aliphatic heterocycles. The van der Waals surface area contributed by atoms with Gasteiger partial charge in [-0.1, -0.05) is 43.3 Å². The normalized spacial score (nSPS) is 12.7. The quantitative estimate of drug-likeness (QED) is 0.689. The molecule has 2 heteroatoms. The molecule has 0 saturated carbocycles. The molecule has 0 saturated heterocycles. The van der Waals surface area contributed by atoms with E-state index in [1.165, 1.54) is 26.1 Å². The molecular formula is C18H19NS. The highest BCUT2D eigenvalue weighted by atomic mass is 32.1. The van der Waals surface area contributed by atoms with Gasteiger partial charge in [-0.25, -0.2) is 0 Å². The lowest BCUT2D eigenvalue weighted by molar-refractivity contribution is 0.586. The maximum absolute atomic E-state index is 3.37. The molecule has 2 aromatic carbocycles. The van der Waals surface area contributed by atoms with E-state index in [2.05, 4.69) is 66.8 Å². The van der Waals surface area contributed by atoms with Crippen molar-refractivity contribution in [3.05, 3.63) is 59.5 Å². The average Bonchev–Trinajstić information content (AvgIpc) is 2.98. The van der Waals surface area contributed by atoms with Crippen molar-refractivity contribution in [1.29, 1.82) is 0 Å². The van der Waals surface area contributed by atoms with Crippen LogP contribution in [0.2, 0.25) is 0 Å². The lowest BCUT2D eigenvalue weighted by atomic mass is 10.1. The highest BCUT2D eigenvalue weighted by Crippen LogP contribution is 2.33. The van der Waals surface area contributed by atoms with Gasteiger partial charge in [0.05, 0.1) is 0 Å². The maximum Gasteiger partial charge on any atom is 0.0409 e. The molecule has 0 fully saturated rings. The molecule has 20 heavy (non-hydrogen) atoms. The molecule has 0 aliphatic rings. The average molecular weight is 281 g/mol. The molecule has 0 bridgehead atoms. The fraction of sp³-hybridized carbons (Fsp3) is 0.222. The van der Waals surface area contributed by atoms with Crippen molar-refractivity contribution in [1.82, 2.24) is 5.32 Å². The second-order valence-electron chi connectivity index (χ2n) is 5.01. The summed E-state index contributed by atoms with van der Waals surface area (Å²) in [4.78, 5) is 2.76. The van der Waals surface area contributed by atoms with Crippen LogP contribution in [0.5, 0.6) is 0 Å². The summed E-state index contributed by atoms with van der Waals surface area (Å²) in [5.74, 6) is 0. The summed E-state index contributed by atoms with van der Waals surface area (Å²) in [6, 6.07) is 20.2. The predicted octanol–water partition coefficient (Wildman–Crippen LogP) is 5.24. The third kappa shape index (κ3) is 2.49. The van der Waals surface area contributed by atoms with Crippen LogP contribution in [0.15, 0.2) is 54.6 Å². The summed E-state index contributed by atoms with van der Waals surface area (Å²) in [5, 5.41) is 5.98. The molecule has 1 nitrogen and oxygen atoms in total. The van der Waals surface area contributed by atoms with Gasteiger partial charge < -0.3 is 5.32 Å². The topological polar surface area (TPSA) is 12.0 Å². The highest BCUT2D eigenvalue weighted by molar-refractivity contribution is 7.15. The van der Waals surface area contributed by atoms with Crippen molar-refractivity contribution in [3.8, 4) is 10.4 Å². The van der Waals surface area contributed by atoms with Gasteiger partial charge >= 0.3 is 0 Å². The number of hydrogen-bond acceptors (Lipinski definition) is 2. The Kier molecular flexibility index (Phi) is 3.86. The highest BCUT2D eigenvalue weighted by Gasteiger charge is 2.10. The van der Waals surface area contributed by atoms with Crippen molar-refractivity contribution >= 4 is 22.1 Å². The molecule has 3 rings (SSSR count). The van der Waals surface area contributed by atoms with Crippen LogP contribution in [0.1, 0.15) is 24.3 Å². The van der Waals surface area contributed by atoms with Crippen LogP contribution in [-0.2, 0) is 0 Å². The van der Waals surface area contributed by atoms with Crippen LogP contribution >= 0.6 is 11.3 Å². The summed E-state index contributed by atoms with van der Waals surface area (Å²) in [6.45, 7) is 2.22. The summed E-state index contributed by atoms with van der Waals surface area (Å²) in [7, 11) is 2.03. The number of fused-ring (bicyclic) bond motifs is 1. The van der Waals surface area contributed by atoms with Crippen LogP contribution in [0.3, 0.4) is 0 Å². The van der Waals surface area contributed by atoms with E-state index in [1.807, 2.05) is 18.4 Å². The largest absolute Gasteiger partial charge is 0.312 e. The fourth-order valence-electron chi connectivity index (χ4n) is 2.59. The van der Waals surface area contributed by atoms with Crippen molar-refractivity contribution in [2.45, 2.75) is 19.4 Å². The minimum Gasteiger partial charge on any atom is -0.312 e. The molecule has 1 unspecified atom stereocenters. The summed E-state index contributed by atoms with van der Waals surface area (Å²) >= 11 is 1.89. The van der Waals surface area contributed by atoms with Crippen molar-refractivity contribution in [2.24, 2.45) is 0 Å². The molecule has 102 valence electrons. The first kappa shape index (κ1) is 13.3. The SMILES string of the molecule is CCC(NC)c1ccc(-c2ccc3ccccc3c2)s1. The fourth-order valence-corrected chi connectivity index (χ4v) is 3.78. The van der Waals surface area contributed by atoms with Gasteiger partial charge in [0.25, 0.3) is 0 Å². The summed E-state index contributed by atoms with van der Waals surface area (Å²) in [5.41, 5.74) is 1.31. The van der Waals surface area contributed by atoms with Crippen LogP contribution in [0.4, 0.5) is 0 Å². The van der Waals surface area contributed by atoms with Crippen molar-refractivity contribution < 1.29 is 0 Å². The zero-order valence-corrected chi connectivity index (χ0v) is 12.7. The Morgan fingerprint density at radius 3 is 2.55 bits per heavy atom. The molecule has 0 aliphatic carbocycles. The van der Waals surface area contributed by atoms with Crippen molar-refractivity contribution in [2.75, 3.05) is 7.05 Å². The Morgan fingerprint density at radius 2 is 1.80 bits per heavy atom. The lowest BCUT2D eigenvalue weighted by Crippen LogP contribution is -2.13. The first-order valence-corrected chi connectivity index (χ1v) is 7.89. The third-order valence-corrected chi connectivity index (χ3v) is 5.01. The van der Waals surface area contributed by atoms with E-state index in [0.29, 0.717) is 6.04 Å². The van der Waals surface area contributed by atoms with Gasteiger partial charge in [-0.2, -0.15) is 0 Å².